The number of anilines is 1. The van der Waals surface area contributed by atoms with Crippen molar-refractivity contribution in [2.24, 2.45) is 0 Å². The highest BCUT2D eigenvalue weighted by molar-refractivity contribution is 5.96. The van der Waals surface area contributed by atoms with E-state index in [1.165, 1.54) is 0 Å². The number of rotatable bonds is 6. The van der Waals surface area contributed by atoms with Crippen molar-refractivity contribution in [3.05, 3.63) is 60.2 Å². The minimum Gasteiger partial charge on any atom is -0.492 e. The topological polar surface area (TPSA) is 50.8 Å². The molecule has 0 unspecified atom stereocenters. The Hall–Kier alpha value is -2.37. The molecule has 1 fully saturated rings. The summed E-state index contributed by atoms with van der Waals surface area (Å²) in [6.07, 6.45) is 0. The fraction of sp³-hybridized carbons (Fsp3) is 0.350. The largest absolute Gasteiger partial charge is 0.492 e. The lowest BCUT2D eigenvalue weighted by atomic mass is 10.0. The molecule has 1 N–H and O–H groups in total. The zero-order valence-electron chi connectivity index (χ0n) is 14.5. The van der Waals surface area contributed by atoms with Crippen molar-refractivity contribution < 1.29 is 14.3 Å². The number of para-hydroxylation sites is 2. The minimum atomic E-state index is -0.347. The SMILES string of the molecule is CCOc1ccccc1NC(=O)[C@@H](c1ccccc1)N1CCOCC1. The Labute approximate surface area is 148 Å². The predicted octanol–water partition coefficient (Wildman–Crippen LogP) is 3.10. The molecule has 3 rings (SSSR count). The zero-order valence-corrected chi connectivity index (χ0v) is 14.5. The molecule has 1 amide bonds. The van der Waals surface area contributed by atoms with E-state index in [1.807, 2.05) is 61.5 Å². The highest BCUT2D eigenvalue weighted by atomic mass is 16.5. The van der Waals surface area contributed by atoms with Crippen LogP contribution in [0.5, 0.6) is 5.75 Å². The van der Waals surface area contributed by atoms with Crippen molar-refractivity contribution in [3.8, 4) is 5.75 Å². The first-order chi connectivity index (χ1) is 12.3. The van der Waals surface area contributed by atoms with Crippen molar-refractivity contribution in [2.45, 2.75) is 13.0 Å². The molecule has 0 aromatic heterocycles. The number of morpholine rings is 1. The second-order valence-corrected chi connectivity index (χ2v) is 5.88. The van der Waals surface area contributed by atoms with Crippen LogP contribution in [0.15, 0.2) is 54.6 Å². The quantitative estimate of drug-likeness (QED) is 0.878. The molecule has 0 radical (unpaired) electrons. The van der Waals surface area contributed by atoms with Crippen molar-refractivity contribution in [2.75, 3.05) is 38.2 Å². The molecule has 132 valence electrons. The van der Waals surface area contributed by atoms with Crippen LogP contribution in [0.3, 0.4) is 0 Å². The predicted molar refractivity (Wildman–Crippen MR) is 97.8 cm³/mol. The summed E-state index contributed by atoms with van der Waals surface area (Å²) in [5, 5.41) is 3.04. The molecular weight excluding hydrogens is 316 g/mol. The zero-order chi connectivity index (χ0) is 17.5. The molecule has 5 heteroatoms. The Bertz CT molecular complexity index is 684. The van der Waals surface area contributed by atoms with Gasteiger partial charge in [-0.2, -0.15) is 0 Å². The van der Waals surface area contributed by atoms with E-state index in [1.54, 1.807) is 0 Å². The monoisotopic (exact) mass is 340 g/mol. The normalized spacial score (nSPS) is 16.2. The summed E-state index contributed by atoms with van der Waals surface area (Å²) < 4.78 is 11.1. The van der Waals surface area contributed by atoms with Gasteiger partial charge < -0.3 is 14.8 Å². The van der Waals surface area contributed by atoms with Crippen molar-refractivity contribution >= 4 is 11.6 Å². The van der Waals surface area contributed by atoms with E-state index in [9.17, 15) is 4.79 Å². The first-order valence-corrected chi connectivity index (χ1v) is 8.69. The fourth-order valence-electron chi connectivity index (χ4n) is 3.05. The molecule has 0 saturated carbocycles. The van der Waals surface area contributed by atoms with Gasteiger partial charge in [-0.25, -0.2) is 0 Å². The van der Waals surface area contributed by atoms with E-state index in [0.717, 1.165) is 18.7 Å². The van der Waals surface area contributed by atoms with Gasteiger partial charge in [0.1, 0.15) is 11.8 Å². The number of nitrogens with zero attached hydrogens (tertiary/aromatic N) is 1. The molecule has 1 saturated heterocycles. The number of carbonyl (C=O) groups is 1. The summed E-state index contributed by atoms with van der Waals surface area (Å²) in [5.41, 5.74) is 1.68. The van der Waals surface area contributed by atoms with Crippen LogP contribution >= 0.6 is 0 Å². The third-order valence-corrected chi connectivity index (χ3v) is 4.22. The standard InChI is InChI=1S/C20H24N2O3/c1-2-25-18-11-7-6-10-17(18)21-20(23)19(16-8-4-3-5-9-16)22-12-14-24-15-13-22/h3-11,19H,2,12-15H2,1H3,(H,21,23)/t19-/m1/s1. The second kappa shape index (κ2) is 8.65. The Kier molecular flexibility index (Phi) is 6.04. The van der Waals surface area contributed by atoms with Crippen LogP contribution in [0, 0.1) is 0 Å². The van der Waals surface area contributed by atoms with E-state index in [0.29, 0.717) is 31.3 Å². The lowest BCUT2D eigenvalue weighted by Crippen LogP contribution is -2.43. The van der Waals surface area contributed by atoms with Crippen molar-refractivity contribution in [1.82, 2.24) is 4.90 Å². The Morgan fingerprint density at radius 2 is 1.80 bits per heavy atom. The molecule has 25 heavy (non-hydrogen) atoms. The maximum Gasteiger partial charge on any atom is 0.246 e. The summed E-state index contributed by atoms with van der Waals surface area (Å²) in [5.74, 6) is 0.632. The first kappa shape index (κ1) is 17.5. The minimum absolute atomic E-state index is 0.0553. The molecule has 1 heterocycles. The molecule has 1 aliphatic rings. The first-order valence-electron chi connectivity index (χ1n) is 8.69. The number of hydrogen-bond donors (Lipinski definition) is 1. The maximum atomic E-state index is 13.1. The van der Waals surface area contributed by atoms with Gasteiger partial charge in [0.05, 0.1) is 25.5 Å². The van der Waals surface area contributed by atoms with Gasteiger partial charge in [-0.1, -0.05) is 42.5 Å². The van der Waals surface area contributed by atoms with Gasteiger partial charge in [-0.05, 0) is 24.6 Å². The van der Waals surface area contributed by atoms with E-state index >= 15 is 0 Å². The lowest BCUT2D eigenvalue weighted by Gasteiger charge is -2.33. The van der Waals surface area contributed by atoms with Crippen molar-refractivity contribution in [3.63, 3.8) is 0 Å². The average molecular weight is 340 g/mol. The highest BCUT2D eigenvalue weighted by Gasteiger charge is 2.29. The second-order valence-electron chi connectivity index (χ2n) is 5.88. The number of amides is 1. The molecule has 0 bridgehead atoms. The summed E-state index contributed by atoms with van der Waals surface area (Å²) in [4.78, 5) is 15.3. The Morgan fingerprint density at radius 3 is 2.52 bits per heavy atom. The van der Waals surface area contributed by atoms with Gasteiger partial charge in [-0.3, -0.25) is 9.69 Å². The Morgan fingerprint density at radius 1 is 1.12 bits per heavy atom. The van der Waals surface area contributed by atoms with Crippen LogP contribution in [0.25, 0.3) is 0 Å². The van der Waals surface area contributed by atoms with Gasteiger partial charge in [0.15, 0.2) is 0 Å². The summed E-state index contributed by atoms with van der Waals surface area (Å²) in [7, 11) is 0. The third kappa shape index (κ3) is 4.38. The van der Waals surface area contributed by atoms with Crippen LogP contribution in [-0.4, -0.2) is 43.7 Å². The summed E-state index contributed by atoms with van der Waals surface area (Å²) >= 11 is 0. The van der Waals surface area contributed by atoms with Gasteiger partial charge in [0, 0.05) is 13.1 Å². The number of ether oxygens (including phenoxy) is 2. The summed E-state index contributed by atoms with van der Waals surface area (Å²) in [6, 6.07) is 17.1. The number of nitrogens with one attached hydrogen (secondary N) is 1. The fourth-order valence-corrected chi connectivity index (χ4v) is 3.05. The lowest BCUT2D eigenvalue weighted by molar-refractivity contribution is -0.123. The summed E-state index contributed by atoms with van der Waals surface area (Å²) in [6.45, 7) is 5.25. The molecule has 1 aliphatic heterocycles. The molecule has 0 aliphatic carbocycles. The van der Waals surface area contributed by atoms with Crippen LogP contribution in [0.4, 0.5) is 5.69 Å². The third-order valence-electron chi connectivity index (χ3n) is 4.22. The smallest absolute Gasteiger partial charge is 0.246 e. The van der Waals surface area contributed by atoms with Crippen LogP contribution in [0.1, 0.15) is 18.5 Å². The molecule has 2 aromatic rings. The number of hydrogen-bond acceptors (Lipinski definition) is 4. The van der Waals surface area contributed by atoms with Crippen molar-refractivity contribution in [1.29, 1.82) is 0 Å². The van der Waals surface area contributed by atoms with Crippen LogP contribution < -0.4 is 10.1 Å². The van der Waals surface area contributed by atoms with E-state index in [-0.39, 0.29) is 11.9 Å². The number of benzene rings is 2. The van der Waals surface area contributed by atoms with E-state index in [4.69, 9.17) is 9.47 Å². The van der Waals surface area contributed by atoms with Gasteiger partial charge in [0.2, 0.25) is 5.91 Å². The molecular formula is C20H24N2O3. The molecule has 0 spiro atoms. The van der Waals surface area contributed by atoms with Crippen LogP contribution in [0.2, 0.25) is 0 Å². The highest BCUT2D eigenvalue weighted by Crippen LogP contribution is 2.28. The van der Waals surface area contributed by atoms with E-state index < -0.39 is 0 Å². The molecule has 2 aromatic carbocycles. The molecule has 5 nitrogen and oxygen atoms in total. The maximum absolute atomic E-state index is 13.1. The molecule has 1 atom stereocenters. The Balaban J connectivity index is 1.84. The van der Waals surface area contributed by atoms with Crippen LogP contribution in [-0.2, 0) is 9.53 Å². The van der Waals surface area contributed by atoms with Gasteiger partial charge >= 0.3 is 0 Å². The van der Waals surface area contributed by atoms with Gasteiger partial charge in [-0.15, -0.1) is 0 Å². The average Bonchev–Trinajstić information content (AvgIpc) is 2.65. The number of carbonyl (C=O) groups excluding carboxylic acids is 1. The van der Waals surface area contributed by atoms with Gasteiger partial charge in [0.25, 0.3) is 0 Å². The van der Waals surface area contributed by atoms with E-state index in [2.05, 4.69) is 10.2 Å².